The van der Waals surface area contributed by atoms with Crippen molar-refractivity contribution in [2.45, 2.75) is 25.4 Å². The molecule has 6 heteroatoms. The highest BCUT2D eigenvalue weighted by Gasteiger charge is 2.13. The maximum absolute atomic E-state index is 11.4. The lowest BCUT2D eigenvalue weighted by atomic mass is 10.1. The third kappa shape index (κ3) is 5.07. The van der Waals surface area contributed by atoms with Gasteiger partial charge in [0, 0.05) is 25.4 Å². The van der Waals surface area contributed by atoms with Crippen molar-refractivity contribution >= 4 is 11.9 Å². The summed E-state index contributed by atoms with van der Waals surface area (Å²) < 4.78 is 0. The number of carbonyl (C=O) groups excluding carboxylic acids is 1. The Morgan fingerprint density at radius 2 is 2.29 bits per heavy atom. The van der Waals surface area contributed by atoms with E-state index in [4.69, 9.17) is 10.8 Å². The van der Waals surface area contributed by atoms with Crippen LogP contribution in [-0.4, -0.2) is 28.0 Å². The molecule has 0 aliphatic carbocycles. The van der Waals surface area contributed by atoms with Crippen molar-refractivity contribution in [2.24, 2.45) is 5.73 Å². The number of hydrogen-bond donors (Lipinski definition) is 3. The second-order valence-corrected chi connectivity index (χ2v) is 3.62. The molecule has 0 saturated heterocycles. The van der Waals surface area contributed by atoms with E-state index in [1.165, 1.54) is 0 Å². The first kappa shape index (κ1) is 13.1. The van der Waals surface area contributed by atoms with Crippen molar-refractivity contribution in [3.05, 3.63) is 30.1 Å². The average Bonchev–Trinajstić information content (AvgIpc) is 2.34. The van der Waals surface area contributed by atoms with Gasteiger partial charge in [-0.15, -0.1) is 0 Å². The summed E-state index contributed by atoms with van der Waals surface area (Å²) in [6.07, 6.45) is 3.54. The van der Waals surface area contributed by atoms with E-state index in [-0.39, 0.29) is 18.7 Å². The second kappa shape index (κ2) is 6.59. The van der Waals surface area contributed by atoms with Crippen LogP contribution in [0.4, 0.5) is 0 Å². The van der Waals surface area contributed by atoms with Crippen LogP contribution in [0.5, 0.6) is 0 Å². The number of pyridine rings is 1. The molecule has 0 radical (unpaired) electrons. The SMILES string of the molecule is NC(CCC(=O)NCc1cccnc1)C(=O)O. The lowest BCUT2D eigenvalue weighted by molar-refractivity contribution is -0.138. The van der Waals surface area contributed by atoms with Crippen LogP contribution >= 0.6 is 0 Å². The van der Waals surface area contributed by atoms with E-state index in [9.17, 15) is 9.59 Å². The van der Waals surface area contributed by atoms with Crippen molar-refractivity contribution in [3.63, 3.8) is 0 Å². The number of nitrogens with zero attached hydrogens (tertiary/aromatic N) is 1. The molecule has 1 aromatic rings. The molecule has 1 rings (SSSR count). The number of nitrogens with two attached hydrogens (primary N) is 1. The fraction of sp³-hybridized carbons (Fsp3) is 0.364. The Balaban J connectivity index is 2.24. The molecule has 1 aromatic heterocycles. The maximum atomic E-state index is 11.4. The lowest BCUT2D eigenvalue weighted by Crippen LogP contribution is -2.32. The molecular weight excluding hydrogens is 222 g/mol. The zero-order valence-electron chi connectivity index (χ0n) is 9.30. The van der Waals surface area contributed by atoms with Crippen LogP contribution in [0.3, 0.4) is 0 Å². The summed E-state index contributed by atoms with van der Waals surface area (Å²) in [4.78, 5) is 25.7. The van der Waals surface area contributed by atoms with Crippen LogP contribution < -0.4 is 11.1 Å². The van der Waals surface area contributed by atoms with Crippen LogP contribution in [0.25, 0.3) is 0 Å². The molecule has 17 heavy (non-hydrogen) atoms. The molecule has 92 valence electrons. The minimum Gasteiger partial charge on any atom is -0.480 e. The number of aromatic nitrogens is 1. The van der Waals surface area contributed by atoms with Gasteiger partial charge < -0.3 is 16.2 Å². The van der Waals surface area contributed by atoms with Gasteiger partial charge in [-0.1, -0.05) is 6.07 Å². The lowest BCUT2D eigenvalue weighted by Gasteiger charge is -2.07. The highest BCUT2D eigenvalue weighted by molar-refractivity contribution is 5.78. The molecule has 0 aromatic carbocycles. The predicted molar refractivity (Wildman–Crippen MR) is 60.9 cm³/mol. The van der Waals surface area contributed by atoms with Gasteiger partial charge >= 0.3 is 5.97 Å². The molecule has 1 amide bonds. The third-order valence-electron chi connectivity index (χ3n) is 2.21. The largest absolute Gasteiger partial charge is 0.480 e. The third-order valence-corrected chi connectivity index (χ3v) is 2.21. The van der Waals surface area contributed by atoms with E-state index in [2.05, 4.69) is 10.3 Å². The van der Waals surface area contributed by atoms with Gasteiger partial charge in [0.15, 0.2) is 0 Å². The number of aliphatic carboxylic acids is 1. The number of carboxylic acid groups (broad SMARTS) is 1. The van der Waals surface area contributed by atoms with E-state index in [0.29, 0.717) is 6.54 Å². The smallest absolute Gasteiger partial charge is 0.320 e. The zero-order valence-corrected chi connectivity index (χ0v) is 9.30. The highest BCUT2D eigenvalue weighted by Crippen LogP contribution is 1.97. The number of carboxylic acids is 1. The average molecular weight is 237 g/mol. The summed E-state index contributed by atoms with van der Waals surface area (Å²) in [5, 5.41) is 11.2. The van der Waals surface area contributed by atoms with E-state index in [0.717, 1.165) is 5.56 Å². The Kier molecular flexibility index (Phi) is 5.09. The van der Waals surface area contributed by atoms with Crippen molar-refractivity contribution in [2.75, 3.05) is 0 Å². The molecule has 0 aliphatic heterocycles. The van der Waals surface area contributed by atoms with Crippen molar-refractivity contribution in [3.8, 4) is 0 Å². The standard InChI is InChI=1S/C11H15N3O3/c12-9(11(16)17)3-4-10(15)14-7-8-2-1-5-13-6-8/h1-2,5-6,9H,3-4,7,12H2,(H,14,15)(H,16,17). The molecule has 4 N–H and O–H groups in total. The van der Waals surface area contributed by atoms with E-state index < -0.39 is 12.0 Å². The van der Waals surface area contributed by atoms with Gasteiger partial charge in [0.1, 0.15) is 6.04 Å². The van der Waals surface area contributed by atoms with Crippen LogP contribution in [0.2, 0.25) is 0 Å². The number of carbonyl (C=O) groups is 2. The molecule has 0 fully saturated rings. The maximum Gasteiger partial charge on any atom is 0.320 e. The Morgan fingerprint density at radius 1 is 1.53 bits per heavy atom. The number of hydrogen-bond acceptors (Lipinski definition) is 4. The summed E-state index contributed by atoms with van der Waals surface area (Å²) >= 11 is 0. The summed E-state index contributed by atoms with van der Waals surface area (Å²) in [6, 6.07) is 2.64. The predicted octanol–water partition coefficient (Wildman–Crippen LogP) is -0.110. The van der Waals surface area contributed by atoms with Gasteiger partial charge in [0.25, 0.3) is 0 Å². The topological polar surface area (TPSA) is 105 Å². The second-order valence-electron chi connectivity index (χ2n) is 3.62. The molecular formula is C11H15N3O3. The van der Waals surface area contributed by atoms with Gasteiger partial charge in [-0.25, -0.2) is 0 Å². The summed E-state index contributed by atoms with van der Waals surface area (Å²) in [7, 11) is 0. The molecule has 0 saturated carbocycles. The van der Waals surface area contributed by atoms with Gasteiger partial charge in [-0.05, 0) is 18.1 Å². The first-order valence-corrected chi connectivity index (χ1v) is 5.23. The normalized spacial score (nSPS) is 11.8. The van der Waals surface area contributed by atoms with E-state index in [1.807, 2.05) is 6.07 Å². The Hall–Kier alpha value is -1.95. The summed E-state index contributed by atoms with van der Waals surface area (Å²) in [5.41, 5.74) is 6.17. The van der Waals surface area contributed by atoms with Gasteiger partial charge in [-0.2, -0.15) is 0 Å². The molecule has 1 atom stereocenters. The summed E-state index contributed by atoms with van der Waals surface area (Å²) in [6.45, 7) is 0.384. The zero-order chi connectivity index (χ0) is 12.7. The van der Waals surface area contributed by atoms with Gasteiger partial charge in [-0.3, -0.25) is 14.6 Å². The van der Waals surface area contributed by atoms with Crippen molar-refractivity contribution in [1.29, 1.82) is 0 Å². The number of rotatable bonds is 6. The first-order valence-electron chi connectivity index (χ1n) is 5.23. The van der Waals surface area contributed by atoms with Crippen LogP contribution in [-0.2, 0) is 16.1 Å². The fourth-order valence-corrected chi connectivity index (χ4v) is 1.20. The molecule has 6 nitrogen and oxygen atoms in total. The summed E-state index contributed by atoms with van der Waals surface area (Å²) in [5.74, 6) is -1.31. The Morgan fingerprint density at radius 3 is 2.88 bits per heavy atom. The quantitative estimate of drug-likeness (QED) is 0.640. The van der Waals surface area contributed by atoms with Crippen molar-refractivity contribution in [1.82, 2.24) is 10.3 Å². The van der Waals surface area contributed by atoms with Crippen LogP contribution in [0, 0.1) is 0 Å². The fourth-order valence-electron chi connectivity index (χ4n) is 1.20. The highest BCUT2D eigenvalue weighted by atomic mass is 16.4. The van der Waals surface area contributed by atoms with Crippen LogP contribution in [0.15, 0.2) is 24.5 Å². The minimum absolute atomic E-state index is 0.105. The molecule has 1 unspecified atom stereocenters. The monoisotopic (exact) mass is 237 g/mol. The first-order chi connectivity index (χ1) is 8.09. The van der Waals surface area contributed by atoms with Gasteiger partial charge in [0.2, 0.25) is 5.91 Å². The molecule has 0 bridgehead atoms. The van der Waals surface area contributed by atoms with Crippen molar-refractivity contribution < 1.29 is 14.7 Å². The Bertz CT molecular complexity index is 381. The minimum atomic E-state index is -1.09. The Labute approximate surface area is 98.8 Å². The molecule has 1 heterocycles. The number of amides is 1. The molecule has 0 spiro atoms. The molecule has 0 aliphatic rings. The number of nitrogens with one attached hydrogen (secondary N) is 1. The van der Waals surface area contributed by atoms with Gasteiger partial charge in [0.05, 0.1) is 0 Å². The van der Waals surface area contributed by atoms with E-state index in [1.54, 1.807) is 18.5 Å². The van der Waals surface area contributed by atoms with Crippen LogP contribution in [0.1, 0.15) is 18.4 Å². The van der Waals surface area contributed by atoms with E-state index >= 15 is 0 Å².